The van der Waals surface area contributed by atoms with Crippen molar-refractivity contribution >= 4 is 22.1 Å². The zero-order valence-electron chi connectivity index (χ0n) is 11.5. The summed E-state index contributed by atoms with van der Waals surface area (Å²) in [6.45, 7) is 0.949. The van der Waals surface area contributed by atoms with E-state index in [9.17, 15) is 0 Å². The number of rotatable bonds is 5. The predicted octanol–water partition coefficient (Wildman–Crippen LogP) is 3.04. The van der Waals surface area contributed by atoms with Crippen molar-refractivity contribution in [3.63, 3.8) is 0 Å². The predicted molar refractivity (Wildman–Crippen MR) is 84.3 cm³/mol. The Morgan fingerprint density at radius 3 is 2.65 bits per heavy atom. The average molecular weight is 283 g/mol. The van der Waals surface area contributed by atoms with Gasteiger partial charge in [0.1, 0.15) is 10.0 Å². The number of hydrogen-bond acceptors (Lipinski definition) is 4. The number of nitrogens with zero attached hydrogens (tertiary/aromatic N) is 2. The van der Waals surface area contributed by atoms with Gasteiger partial charge in [-0.25, -0.2) is 0 Å². The molecule has 0 spiro atoms. The second kappa shape index (κ2) is 6.11. The van der Waals surface area contributed by atoms with Crippen LogP contribution in [0.4, 0.5) is 0 Å². The molecule has 102 valence electrons. The van der Waals surface area contributed by atoms with Crippen molar-refractivity contribution in [3.8, 4) is 0 Å². The van der Waals surface area contributed by atoms with Crippen LogP contribution in [0, 0.1) is 0 Å². The lowest BCUT2D eigenvalue weighted by molar-refractivity contribution is 0.777. The van der Waals surface area contributed by atoms with Crippen molar-refractivity contribution in [1.29, 1.82) is 0 Å². The molecular weight excluding hydrogens is 266 g/mol. The highest BCUT2D eigenvalue weighted by atomic mass is 32.1. The molecule has 20 heavy (non-hydrogen) atoms. The Hall–Kier alpha value is -1.78. The quantitative estimate of drug-likeness (QED) is 0.782. The Bertz CT molecular complexity index is 706. The monoisotopic (exact) mass is 283 g/mol. The third-order valence-electron chi connectivity index (χ3n) is 3.27. The van der Waals surface area contributed by atoms with Crippen molar-refractivity contribution in [2.45, 2.75) is 12.8 Å². The molecule has 0 unspecified atom stereocenters. The van der Waals surface area contributed by atoms with Crippen LogP contribution in [0.1, 0.15) is 15.6 Å². The van der Waals surface area contributed by atoms with Crippen molar-refractivity contribution in [1.82, 2.24) is 15.5 Å². The Morgan fingerprint density at radius 1 is 1.00 bits per heavy atom. The maximum Gasteiger partial charge on any atom is 0.121 e. The lowest BCUT2D eigenvalue weighted by Gasteiger charge is -2.01. The Labute approximate surface area is 122 Å². The smallest absolute Gasteiger partial charge is 0.121 e. The van der Waals surface area contributed by atoms with Crippen LogP contribution in [0.15, 0.2) is 42.5 Å². The maximum atomic E-state index is 4.29. The van der Waals surface area contributed by atoms with Crippen LogP contribution in [0.5, 0.6) is 0 Å². The van der Waals surface area contributed by atoms with E-state index in [0.29, 0.717) is 0 Å². The van der Waals surface area contributed by atoms with Gasteiger partial charge in [-0.1, -0.05) is 42.5 Å². The fraction of sp³-hybridized carbons (Fsp3) is 0.250. The zero-order valence-corrected chi connectivity index (χ0v) is 12.3. The molecule has 0 radical (unpaired) electrons. The number of nitrogens with one attached hydrogen (secondary N) is 1. The van der Waals surface area contributed by atoms with E-state index in [1.165, 1.54) is 16.3 Å². The number of benzene rings is 2. The minimum Gasteiger partial charge on any atom is -0.319 e. The molecule has 0 fully saturated rings. The molecular formula is C16H17N3S. The van der Waals surface area contributed by atoms with E-state index in [1.807, 2.05) is 7.05 Å². The van der Waals surface area contributed by atoms with Crippen LogP contribution < -0.4 is 5.32 Å². The third kappa shape index (κ3) is 3.03. The van der Waals surface area contributed by atoms with Gasteiger partial charge in [-0.3, -0.25) is 0 Å². The summed E-state index contributed by atoms with van der Waals surface area (Å²) in [5, 5.41) is 16.4. The van der Waals surface area contributed by atoms with Gasteiger partial charge >= 0.3 is 0 Å². The molecule has 3 rings (SSSR count). The fourth-order valence-corrected chi connectivity index (χ4v) is 3.09. The highest BCUT2D eigenvalue weighted by Crippen LogP contribution is 2.19. The molecule has 1 N–H and O–H groups in total. The first-order chi connectivity index (χ1) is 9.85. The van der Waals surface area contributed by atoms with Gasteiger partial charge in [0.25, 0.3) is 0 Å². The Morgan fingerprint density at radius 2 is 1.80 bits per heavy atom. The van der Waals surface area contributed by atoms with Gasteiger partial charge in [-0.05, 0) is 23.4 Å². The van der Waals surface area contributed by atoms with Crippen LogP contribution in [-0.2, 0) is 12.8 Å². The first-order valence-electron chi connectivity index (χ1n) is 6.79. The molecule has 1 heterocycles. The first kappa shape index (κ1) is 13.2. The molecule has 3 aromatic rings. The standard InChI is InChI=1S/C16H17N3S/c1-17-9-8-15-18-19-16(20-15)11-12-6-7-13-4-2-3-5-14(13)10-12/h2-7,10,17H,8-9,11H2,1H3. The molecule has 1 aromatic heterocycles. The number of fused-ring (bicyclic) bond motifs is 1. The van der Waals surface area contributed by atoms with Crippen molar-refractivity contribution < 1.29 is 0 Å². The molecule has 3 nitrogen and oxygen atoms in total. The van der Waals surface area contributed by atoms with Crippen LogP contribution in [0.3, 0.4) is 0 Å². The van der Waals surface area contributed by atoms with Gasteiger partial charge in [-0.2, -0.15) is 0 Å². The molecule has 0 saturated carbocycles. The van der Waals surface area contributed by atoms with Crippen molar-refractivity contribution in [3.05, 3.63) is 58.0 Å². The number of aromatic nitrogens is 2. The Balaban J connectivity index is 1.76. The molecule has 0 aliphatic rings. The molecule has 0 atom stereocenters. The van der Waals surface area contributed by atoms with E-state index in [0.717, 1.165) is 29.4 Å². The van der Waals surface area contributed by atoms with Crippen LogP contribution in [-0.4, -0.2) is 23.8 Å². The minimum atomic E-state index is 0.863. The summed E-state index contributed by atoms with van der Waals surface area (Å²) in [5.74, 6) is 0. The molecule has 0 aliphatic carbocycles. The van der Waals surface area contributed by atoms with E-state index in [-0.39, 0.29) is 0 Å². The van der Waals surface area contributed by atoms with Gasteiger partial charge in [0.2, 0.25) is 0 Å². The summed E-state index contributed by atoms with van der Waals surface area (Å²) < 4.78 is 0. The van der Waals surface area contributed by atoms with Crippen LogP contribution >= 0.6 is 11.3 Å². The first-order valence-corrected chi connectivity index (χ1v) is 7.60. The SMILES string of the molecule is CNCCc1nnc(Cc2ccc3ccccc3c2)s1. The van der Waals surface area contributed by atoms with E-state index in [4.69, 9.17) is 0 Å². The lowest BCUT2D eigenvalue weighted by atomic mass is 10.1. The highest BCUT2D eigenvalue weighted by molar-refractivity contribution is 7.11. The number of likely N-dealkylation sites (N-methyl/N-ethyl adjacent to an activating group) is 1. The van der Waals surface area contributed by atoms with Gasteiger partial charge in [0.15, 0.2) is 0 Å². The van der Waals surface area contributed by atoms with Crippen LogP contribution in [0.25, 0.3) is 10.8 Å². The normalized spacial score (nSPS) is 11.1. The molecule has 4 heteroatoms. The topological polar surface area (TPSA) is 37.8 Å². The summed E-state index contributed by atoms with van der Waals surface area (Å²) >= 11 is 1.71. The maximum absolute atomic E-state index is 4.29. The molecule has 0 saturated heterocycles. The molecule has 0 amide bonds. The average Bonchev–Trinajstić information content (AvgIpc) is 2.92. The zero-order chi connectivity index (χ0) is 13.8. The summed E-state index contributed by atoms with van der Waals surface area (Å²) in [4.78, 5) is 0. The highest BCUT2D eigenvalue weighted by Gasteiger charge is 2.05. The van der Waals surface area contributed by atoms with Crippen molar-refractivity contribution in [2.75, 3.05) is 13.6 Å². The summed E-state index contributed by atoms with van der Waals surface area (Å²) in [5.41, 5.74) is 1.29. The molecule has 0 aliphatic heterocycles. The second-order valence-corrected chi connectivity index (χ2v) is 5.95. The second-order valence-electron chi connectivity index (χ2n) is 4.80. The summed E-state index contributed by atoms with van der Waals surface area (Å²) in [6, 6.07) is 15.0. The largest absolute Gasteiger partial charge is 0.319 e. The Kier molecular flexibility index (Phi) is 4.04. The van der Waals surface area contributed by atoms with Gasteiger partial charge in [0.05, 0.1) is 0 Å². The fourth-order valence-electron chi connectivity index (χ4n) is 2.22. The lowest BCUT2D eigenvalue weighted by Crippen LogP contribution is -2.09. The summed E-state index contributed by atoms with van der Waals surface area (Å²) in [6.07, 6.45) is 1.81. The number of hydrogen-bond donors (Lipinski definition) is 1. The van der Waals surface area contributed by atoms with E-state index >= 15 is 0 Å². The third-order valence-corrected chi connectivity index (χ3v) is 4.25. The van der Waals surface area contributed by atoms with E-state index < -0.39 is 0 Å². The van der Waals surface area contributed by atoms with Gasteiger partial charge in [0, 0.05) is 19.4 Å². The van der Waals surface area contributed by atoms with Crippen LogP contribution in [0.2, 0.25) is 0 Å². The van der Waals surface area contributed by atoms with E-state index in [2.05, 4.69) is 58.0 Å². The molecule has 2 aromatic carbocycles. The van der Waals surface area contributed by atoms with Gasteiger partial charge < -0.3 is 5.32 Å². The minimum absolute atomic E-state index is 0.863. The van der Waals surface area contributed by atoms with E-state index in [1.54, 1.807) is 11.3 Å². The van der Waals surface area contributed by atoms with Gasteiger partial charge in [-0.15, -0.1) is 21.5 Å². The van der Waals surface area contributed by atoms with Crippen molar-refractivity contribution in [2.24, 2.45) is 0 Å². The summed E-state index contributed by atoms with van der Waals surface area (Å²) in [7, 11) is 1.96. The molecule has 0 bridgehead atoms.